The molecular weight excluding hydrogens is 266 g/mol. The van der Waals surface area contributed by atoms with Crippen LogP contribution in [0.1, 0.15) is 20.8 Å². The van der Waals surface area contributed by atoms with Gasteiger partial charge in [0.25, 0.3) is 0 Å². The minimum atomic E-state index is -3.59. The molecule has 1 aromatic heterocycles. The van der Waals surface area contributed by atoms with E-state index in [9.17, 15) is 13.2 Å². The molecular formula is C13H15NO4S. The molecule has 0 radical (unpaired) electrons. The van der Waals surface area contributed by atoms with Crippen molar-refractivity contribution in [1.82, 2.24) is 4.72 Å². The van der Waals surface area contributed by atoms with Crippen molar-refractivity contribution in [2.75, 3.05) is 0 Å². The Balaban J connectivity index is 2.52. The van der Waals surface area contributed by atoms with E-state index in [2.05, 4.69) is 4.72 Å². The summed E-state index contributed by atoms with van der Waals surface area (Å²) in [4.78, 5) is 11.2. The van der Waals surface area contributed by atoms with Crippen molar-refractivity contribution >= 4 is 21.0 Å². The molecule has 5 nitrogen and oxygen atoms in total. The zero-order chi connectivity index (χ0) is 14.3. The van der Waals surface area contributed by atoms with E-state index in [-0.39, 0.29) is 4.90 Å². The van der Waals surface area contributed by atoms with Gasteiger partial charge in [-0.1, -0.05) is 0 Å². The van der Waals surface area contributed by atoms with E-state index >= 15 is 0 Å². The molecule has 2 aromatic rings. The molecule has 0 saturated carbocycles. The molecule has 102 valence electrons. The first kappa shape index (κ1) is 13.8. The van der Waals surface area contributed by atoms with Gasteiger partial charge in [0.1, 0.15) is 5.58 Å². The summed E-state index contributed by atoms with van der Waals surface area (Å²) < 4.78 is 31.8. The van der Waals surface area contributed by atoms with E-state index in [0.29, 0.717) is 11.0 Å². The van der Waals surface area contributed by atoms with Gasteiger partial charge in [-0.3, -0.25) is 0 Å². The molecule has 0 bridgehead atoms. The Labute approximate surface area is 111 Å². The van der Waals surface area contributed by atoms with Gasteiger partial charge in [-0.2, -0.15) is 0 Å². The molecule has 0 fully saturated rings. The maximum atomic E-state index is 12.2. The minimum Gasteiger partial charge on any atom is -0.423 e. The molecule has 0 amide bonds. The van der Waals surface area contributed by atoms with Gasteiger partial charge in [0.2, 0.25) is 10.0 Å². The Hall–Kier alpha value is -1.66. The van der Waals surface area contributed by atoms with Crippen LogP contribution in [-0.4, -0.2) is 14.0 Å². The van der Waals surface area contributed by atoms with Crippen LogP contribution in [0.3, 0.4) is 0 Å². The van der Waals surface area contributed by atoms with Crippen LogP contribution in [0.25, 0.3) is 11.0 Å². The Morgan fingerprint density at radius 2 is 1.79 bits per heavy atom. The number of fused-ring (bicyclic) bond motifs is 1. The highest BCUT2D eigenvalue weighted by molar-refractivity contribution is 7.89. The van der Waals surface area contributed by atoms with Crippen molar-refractivity contribution in [3.8, 4) is 0 Å². The molecule has 0 aliphatic carbocycles. The first-order valence-electron chi connectivity index (χ1n) is 5.75. The molecule has 1 N–H and O–H groups in total. The highest BCUT2D eigenvalue weighted by Gasteiger charge is 2.22. The fourth-order valence-electron chi connectivity index (χ4n) is 1.68. The lowest BCUT2D eigenvalue weighted by molar-refractivity contribution is 0.491. The molecule has 0 aliphatic rings. The topological polar surface area (TPSA) is 76.4 Å². The molecule has 1 aromatic carbocycles. The van der Waals surface area contributed by atoms with Crippen LogP contribution in [0.5, 0.6) is 0 Å². The molecule has 6 heteroatoms. The Morgan fingerprint density at radius 3 is 2.42 bits per heavy atom. The SMILES string of the molecule is CC(C)(C)NS(=O)(=O)c1ccc2oc(=O)ccc2c1. The Morgan fingerprint density at radius 1 is 1.11 bits per heavy atom. The number of sulfonamides is 1. The maximum absolute atomic E-state index is 12.2. The van der Waals surface area contributed by atoms with Crippen LogP contribution in [0, 0.1) is 0 Å². The lowest BCUT2D eigenvalue weighted by atomic mass is 10.1. The normalized spacial score (nSPS) is 12.8. The van der Waals surface area contributed by atoms with Crippen molar-refractivity contribution in [2.45, 2.75) is 31.2 Å². The summed E-state index contributed by atoms with van der Waals surface area (Å²) in [6, 6.07) is 7.17. The molecule has 0 atom stereocenters. The van der Waals surface area contributed by atoms with Crippen molar-refractivity contribution < 1.29 is 12.8 Å². The molecule has 19 heavy (non-hydrogen) atoms. The van der Waals surface area contributed by atoms with Gasteiger partial charge in [-0.05, 0) is 45.0 Å². The predicted octanol–water partition coefficient (Wildman–Crippen LogP) is 1.87. The van der Waals surface area contributed by atoms with E-state index in [0.717, 1.165) is 0 Å². The second kappa shape index (κ2) is 4.47. The summed E-state index contributed by atoms with van der Waals surface area (Å²) in [7, 11) is -3.59. The van der Waals surface area contributed by atoms with Crippen LogP contribution >= 0.6 is 0 Å². The number of benzene rings is 1. The summed E-state index contributed by atoms with van der Waals surface area (Å²) in [6.07, 6.45) is 0. The number of hydrogen-bond acceptors (Lipinski definition) is 4. The fraction of sp³-hybridized carbons (Fsp3) is 0.308. The van der Waals surface area contributed by atoms with Gasteiger partial charge < -0.3 is 4.42 Å². The minimum absolute atomic E-state index is 0.142. The van der Waals surface area contributed by atoms with Gasteiger partial charge in [-0.25, -0.2) is 17.9 Å². The van der Waals surface area contributed by atoms with Gasteiger partial charge in [0.05, 0.1) is 4.90 Å². The Kier molecular flexibility index (Phi) is 3.24. The Bertz CT molecular complexity index is 769. The number of rotatable bonds is 2. The number of nitrogens with one attached hydrogen (secondary N) is 1. The first-order chi connectivity index (χ1) is 8.67. The standard InChI is InChI=1S/C13H15NO4S/c1-13(2,3)14-19(16,17)10-5-6-11-9(8-10)4-7-12(15)18-11/h4-8,14H,1-3H3. The molecule has 0 spiro atoms. The second-order valence-corrected chi connectivity index (χ2v) is 6.99. The lowest BCUT2D eigenvalue weighted by Gasteiger charge is -2.20. The van der Waals surface area contributed by atoms with Gasteiger partial charge in [-0.15, -0.1) is 0 Å². The molecule has 0 saturated heterocycles. The van der Waals surface area contributed by atoms with E-state index in [1.54, 1.807) is 20.8 Å². The van der Waals surface area contributed by atoms with Crippen molar-refractivity contribution in [2.24, 2.45) is 0 Å². The van der Waals surface area contributed by atoms with E-state index in [4.69, 9.17) is 4.42 Å². The van der Waals surface area contributed by atoms with E-state index in [1.165, 1.54) is 30.3 Å². The summed E-state index contributed by atoms with van der Waals surface area (Å²) in [5, 5.41) is 0.566. The quantitative estimate of drug-likeness (QED) is 0.853. The van der Waals surface area contributed by atoms with Gasteiger partial charge in [0.15, 0.2) is 0 Å². The third-order valence-corrected chi connectivity index (χ3v) is 4.10. The molecule has 2 rings (SSSR count). The van der Waals surface area contributed by atoms with Crippen molar-refractivity contribution in [3.63, 3.8) is 0 Å². The summed E-state index contributed by atoms with van der Waals surface area (Å²) in [5.41, 5.74) is -0.657. The fourth-order valence-corrected chi connectivity index (χ4v) is 3.13. The summed E-state index contributed by atoms with van der Waals surface area (Å²) in [6.45, 7) is 5.31. The third kappa shape index (κ3) is 3.21. The largest absolute Gasteiger partial charge is 0.423 e. The maximum Gasteiger partial charge on any atom is 0.336 e. The molecule has 1 heterocycles. The van der Waals surface area contributed by atoms with Crippen LogP contribution in [-0.2, 0) is 10.0 Å². The van der Waals surface area contributed by atoms with Gasteiger partial charge >= 0.3 is 5.63 Å². The average Bonchev–Trinajstić information content (AvgIpc) is 2.25. The smallest absolute Gasteiger partial charge is 0.336 e. The zero-order valence-corrected chi connectivity index (χ0v) is 11.7. The average molecular weight is 281 g/mol. The predicted molar refractivity (Wildman–Crippen MR) is 72.6 cm³/mol. The lowest BCUT2D eigenvalue weighted by Crippen LogP contribution is -2.40. The summed E-state index contributed by atoms with van der Waals surface area (Å²) in [5.74, 6) is 0. The zero-order valence-electron chi connectivity index (χ0n) is 10.9. The highest BCUT2D eigenvalue weighted by atomic mass is 32.2. The van der Waals surface area contributed by atoms with Crippen molar-refractivity contribution in [3.05, 3.63) is 40.8 Å². The van der Waals surface area contributed by atoms with E-state index in [1.807, 2.05) is 0 Å². The van der Waals surface area contributed by atoms with Crippen LogP contribution < -0.4 is 10.3 Å². The number of hydrogen-bond donors (Lipinski definition) is 1. The van der Waals surface area contributed by atoms with E-state index < -0.39 is 21.2 Å². The van der Waals surface area contributed by atoms with Crippen LogP contribution in [0.2, 0.25) is 0 Å². The monoisotopic (exact) mass is 281 g/mol. The first-order valence-corrected chi connectivity index (χ1v) is 7.24. The molecule has 0 unspecified atom stereocenters. The van der Waals surface area contributed by atoms with Gasteiger partial charge in [0, 0.05) is 17.0 Å². The summed E-state index contributed by atoms with van der Waals surface area (Å²) >= 11 is 0. The van der Waals surface area contributed by atoms with Crippen LogP contribution in [0.15, 0.2) is 44.4 Å². The van der Waals surface area contributed by atoms with Crippen LogP contribution in [0.4, 0.5) is 0 Å². The third-order valence-electron chi connectivity index (χ3n) is 2.34. The highest BCUT2D eigenvalue weighted by Crippen LogP contribution is 2.19. The second-order valence-electron chi connectivity index (χ2n) is 5.31. The van der Waals surface area contributed by atoms with Crippen molar-refractivity contribution in [1.29, 1.82) is 0 Å². The molecule has 0 aliphatic heterocycles.